The van der Waals surface area contributed by atoms with Gasteiger partial charge in [0.1, 0.15) is 5.75 Å². The molecule has 1 unspecified atom stereocenters. The zero-order valence-electron chi connectivity index (χ0n) is 10.8. The minimum absolute atomic E-state index is 0.172. The van der Waals surface area contributed by atoms with Crippen LogP contribution in [-0.2, 0) is 0 Å². The molecule has 0 heterocycles. The lowest BCUT2D eigenvalue weighted by Crippen LogP contribution is -2.23. The second kappa shape index (κ2) is 5.82. The van der Waals surface area contributed by atoms with E-state index in [1.807, 2.05) is 7.05 Å². The summed E-state index contributed by atoms with van der Waals surface area (Å²) in [5, 5.41) is 3.22. The summed E-state index contributed by atoms with van der Waals surface area (Å²) >= 11 is 0. The van der Waals surface area contributed by atoms with Gasteiger partial charge in [-0.2, -0.15) is 0 Å². The molecule has 0 radical (unpaired) electrons. The number of hydrogen-bond donors (Lipinski definition) is 1. The van der Waals surface area contributed by atoms with E-state index in [0.717, 1.165) is 17.9 Å². The lowest BCUT2D eigenvalue weighted by atomic mass is 9.79. The van der Waals surface area contributed by atoms with Crippen molar-refractivity contribution >= 4 is 0 Å². The van der Waals surface area contributed by atoms with Crippen molar-refractivity contribution in [2.45, 2.75) is 38.1 Å². The number of rotatable bonds is 5. The van der Waals surface area contributed by atoms with Crippen LogP contribution in [0.2, 0.25) is 0 Å². The van der Waals surface area contributed by atoms with Crippen molar-refractivity contribution in [3.63, 3.8) is 0 Å². The van der Waals surface area contributed by atoms with Crippen LogP contribution in [0.15, 0.2) is 24.3 Å². The predicted octanol–water partition coefficient (Wildman–Crippen LogP) is 4.04. The molecule has 106 valence electrons. The van der Waals surface area contributed by atoms with E-state index in [1.165, 1.54) is 31.4 Å². The van der Waals surface area contributed by atoms with Gasteiger partial charge in [0, 0.05) is 6.04 Å². The van der Waals surface area contributed by atoms with Crippen LogP contribution in [0.3, 0.4) is 0 Å². The molecule has 0 aliphatic heterocycles. The molecule has 1 aliphatic rings. The highest BCUT2D eigenvalue weighted by atomic mass is 19.4. The van der Waals surface area contributed by atoms with Crippen molar-refractivity contribution in [1.29, 1.82) is 0 Å². The van der Waals surface area contributed by atoms with Crippen LogP contribution in [-0.4, -0.2) is 13.4 Å². The predicted molar refractivity (Wildman–Crippen MR) is 66.9 cm³/mol. The van der Waals surface area contributed by atoms with Crippen molar-refractivity contribution in [3.8, 4) is 5.75 Å². The highest BCUT2D eigenvalue weighted by molar-refractivity contribution is 5.29. The van der Waals surface area contributed by atoms with Crippen molar-refractivity contribution in [1.82, 2.24) is 5.32 Å². The van der Waals surface area contributed by atoms with Crippen LogP contribution < -0.4 is 10.1 Å². The van der Waals surface area contributed by atoms with E-state index in [-0.39, 0.29) is 11.8 Å². The van der Waals surface area contributed by atoms with Gasteiger partial charge in [-0.3, -0.25) is 0 Å². The standard InChI is InChI=1S/C14H18F3NO/c1-18-13(9-10-3-2-4-10)11-5-7-12(8-6-11)19-14(15,16)17/h5-8,10,13,18H,2-4,9H2,1H3. The van der Waals surface area contributed by atoms with E-state index in [1.54, 1.807) is 12.1 Å². The number of benzene rings is 1. The summed E-state index contributed by atoms with van der Waals surface area (Å²) in [6.45, 7) is 0. The Hall–Kier alpha value is -1.23. The van der Waals surface area contributed by atoms with E-state index in [2.05, 4.69) is 10.1 Å². The molecular formula is C14H18F3NO. The van der Waals surface area contributed by atoms with Gasteiger partial charge in [0.15, 0.2) is 0 Å². The molecule has 1 fully saturated rings. The van der Waals surface area contributed by atoms with Gasteiger partial charge >= 0.3 is 6.36 Å². The summed E-state index contributed by atoms with van der Waals surface area (Å²) in [6.07, 6.45) is 0.214. The minimum Gasteiger partial charge on any atom is -0.406 e. The molecule has 1 saturated carbocycles. The Labute approximate surface area is 111 Å². The van der Waals surface area contributed by atoms with Gasteiger partial charge in [-0.1, -0.05) is 31.4 Å². The fourth-order valence-corrected chi connectivity index (χ4v) is 2.38. The first-order valence-electron chi connectivity index (χ1n) is 6.51. The van der Waals surface area contributed by atoms with Crippen molar-refractivity contribution in [3.05, 3.63) is 29.8 Å². The maximum absolute atomic E-state index is 12.1. The summed E-state index contributed by atoms with van der Waals surface area (Å²) in [6, 6.07) is 6.33. The Morgan fingerprint density at radius 2 is 1.89 bits per heavy atom. The van der Waals surface area contributed by atoms with Crippen molar-refractivity contribution in [2.24, 2.45) is 5.92 Å². The first-order chi connectivity index (χ1) is 8.98. The first-order valence-corrected chi connectivity index (χ1v) is 6.51. The SMILES string of the molecule is CNC(CC1CCC1)c1ccc(OC(F)(F)F)cc1. The van der Waals surface area contributed by atoms with E-state index >= 15 is 0 Å². The third kappa shape index (κ3) is 4.13. The number of hydrogen-bond acceptors (Lipinski definition) is 2. The number of nitrogens with one attached hydrogen (secondary N) is 1. The molecule has 0 aromatic heterocycles. The molecule has 5 heteroatoms. The van der Waals surface area contributed by atoms with Crippen LogP contribution in [0.4, 0.5) is 13.2 Å². The van der Waals surface area contributed by atoms with E-state index < -0.39 is 6.36 Å². The Morgan fingerprint density at radius 3 is 2.32 bits per heavy atom. The van der Waals surface area contributed by atoms with Gasteiger partial charge in [-0.15, -0.1) is 13.2 Å². The summed E-state index contributed by atoms with van der Waals surface area (Å²) in [5.41, 5.74) is 1.00. The summed E-state index contributed by atoms with van der Waals surface area (Å²) in [5.74, 6) is 0.568. The van der Waals surface area contributed by atoms with Crippen LogP contribution in [0.25, 0.3) is 0 Å². The van der Waals surface area contributed by atoms with Crippen LogP contribution in [0.5, 0.6) is 5.75 Å². The third-order valence-corrected chi connectivity index (χ3v) is 3.66. The number of alkyl halides is 3. The molecule has 0 amide bonds. The quantitative estimate of drug-likeness (QED) is 0.874. The van der Waals surface area contributed by atoms with Gasteiger partial charge in [0.05, 0.1) is 0 Å². The average Bonchev–Trinajstić information content (AvgIpc) is 2.27. The second-order valence-corrected chi connectivity index (χ2v) is 4.99. The zero-order valence-corrected chi connectivity index (χ0v) is 10.8. The van der Waals surface area contributed by atoms with Crippen LogP contribution >= 0.6 is 0 Å². The minimum atomic E-state index is -4.63. The topological polar surface area (TPSA) is 21.3 Å². The molecule has 1 aromatic carbocycles. The Morgan fingerprint density at radius 1 is 1.26 bits per heavy atom. The van der Waals surface area contributed by atoms with Gasteiger partial charge in [0.2, 0.25) is 0 Å². The molecular weight excluding hydrogens is 255 g/mol. The molecule has 1 atom stereocenters. The molecule has 0 saturated heterocycles. The molecule has 0 bridgehead atoms. The maximum Gasteiger partial charge on any atom is 0.573 e. The Kier molecular flexibility index (Phi) is 4.34. The monoisotopic (exact) mass is 273 g/mol. The Balaban J connectivity index is 1.99. The molecule has 1 aromatic rings. The van der Waals surface area contributed by atoms with Crippen LogP contribution in [0.1, 0.15) is 37.3 Å². The molecule has 2 rings (SSSR count). The lowest BCUT2D eigenvalue weighted by molar-refractivity contribution is -0.274. The Bertz CT molecular complexity index is 398. The third-order valence-electron chi connectivity index (χ3n) is 3.66. The average molecular weight is 273 g/mol. The van der Waals surface area contributed by atoms with Crippen molar-refractivity contribution in [2.75, 3.05) is 7.05 Å². The maximum atomic E-state index is 12.1. The van der Waals surface area contributed by atoms with E-state index in [0.29, 0.717) is 0 Å². The molecule has 0 spiro atoms. The fourth-order valence-electron chi connectivity index (χ4n) is 2.38. The molecule has 19 heavy (non-hydrogen) atoms. The van der Waals surface area contributed by atoms with Crippen LogP contribution in [0, 0.1) is 5.92 Å². The fraction of sp³-hybridized carbons (Fsp3) is 0.571. The van der Waals surface area contributed by atoms with Crippen molar-refractivity contribution < 1.29 is 17.9 Å². The van der Waals surface area contributed by atoms with Gasteiger partial charge in [-0.05, 0) is 37.1 Å². The highest BCUT2D eigenvalue weighted by Crippen LogP contribution is 2.35. The summed E-state index contributed by atoms with van der Waals surface area (Å²) < 4.78 is 40.0. The molecule has 1 N–H and O–H groups in total. The molecule has 2 nitrogen and oxygen atoms in total. The number of ether oxygens (including phenoxy) is 1. The smallest absolute Gasteiger partial charge is 0.406 e. The van der Waals surface area contributed by atoms with E-state index in [9.17, 15) is 13.2 Å². The first kappa shape index (κ1) is 14.2. The summed E-state index contributed by atoms with van der Waals surface area (Å²) in [4.78, 5) is 0. The van der Waals surface area contributed by atoms with E-state index in [4.69, 9.17) is 0 Å². The highest BCUT2D eigenvalue weighted by Gasteiger charge is 2.31. The molecule has 1 aliphatic carbocycles. The summed E-state index contributed by atoms with van der Waals surface area (Å²) in [7, 11) is 1.88. The normalized spacial score (nSPS) is 17.9. The largest absolute Gasteiger partial charge is 0.573 e. The second-order valence-electron chi connectivity index (χ2n) is 4.99. The van der Waals surface area contributed by atoms with Gasteiger partial charge in [-0.25, -0.2) is 0 Å². The van der Waals surface area contributed by atoms with Gasteiger partial charge in [0.25, 0.3) is 0 Å². The number of halogens is 3. The zero-order chi connectivity index (χ0) is 13.9. The lowest BCUT2D eigenvalue weighted by Gasteiger charge is -2.29. The van der Waals surface area contributed by atoms with Gasteiger partial charge < -0.3 is 10.1 Å².